The van der Waals surface area contributed by atoms with Crippen LogP contribution in [0.3, 0.4) is 0 Å². The molecule has 0 radical (unpaired) electrons. The third-order valence-electron chi connectivity index (χ3n) is 3.07. The smallest absolute Gasteiger partial charge is 0.250 e. The van der Waals surface area contributed by atoms with Gasteiger partial charge in [0, 0.05) is 30.9 Å². The first-order chi connectivity index (χ1) is 8.08. The number of carbonyl (C=O) groups excluding carboxylic acids is 1. The monoisotopic (exact) mass is 233 g/mol. The number of nitrogens with two attached hydrogens (primary N) is 1. The highest BCUT2D eigenvalue weighted by Gasteiger charge is 2.23. The Labute approximate surface area is 102 Å². The first kappa shape index (κ1) is 11.9. The molecule has 1 saturated heterocycles. The number of carbonyl (C=O) groups is 1. The highest BCUT2D eigenvalue weighted by atomic mass is 16.1. The van der Waals surface area contributed by atoms with E-state index in [0.29, 0.717) is 17.6 Å². The molecule has 2 unspecified atom stereocenters. The van der Waals surface area contributed by atoms with Crippen molar-refractivity contribution in [1.29, 1.82) is 0 Å². The lowest BCUT2D eigenvalue weighted by molar-refractivity contribution is 0.100. The van der Waals surface area contributed by atoms with E-state index in [1.165, 1.54) is 0 Å². The second-order valence-electron chi connectivity index (χ2n) is 4.76. The van der Waals surface area contributed by atoms with Gasteiger partial charge in [-0.15, -0.1) is 0 Å². The third kappa shape index (κ3) is 2.58. The Balaban J connectivity index is 2.30. The molecule has 17 heavy (non-hydrogen) atoms. The summed E-state index contributed by atoms with van der Waals surface area (Å²) in [5.74, 6) is -0.362. The maximum Gasteiger partial charge on any atom is 0.250 e. The quantitative estimate of drug-likeness (QED) is 0.800. The van der Waals surface area contributed by atoms with E-state index >= 15 is 0 Å². The first-order valence-electron chi connectivity index (χ1n) is 5.97. The van der Waals surface area contributed by atoms with Crippen molar-refractivity contribution in [1.82, 2.24) is 5.32 Å². The molecule has 1 aromatic rings. The number of amides is 1. The molecule has 3 N–H and O–H groups in total. The van der Waals surface area contributed by atoms with Crippen LogP contribution >= 0.6 is 0 Å². The standard InChI is InChI=1S/C13H19N3O/c1-9-7-16(8-10(2)15-9)12-6-4-3-5-11(12)13(14)17/h3-6,9-10,15H,7-8H2,1-2H3,(H2,14,17). The van der Waals surface area contributed by atoms with Crippen molar-refractivity contribution in [3.05, 3.63) is 29.8 Å². The summed E-state index contributed by atoms with van der Waals surface area (Å²) in [5, 5.41) is 3.47. The van der Waals surface area contributed by atoms with Gasteiger partial charge in [0.05, 0.1) is 5.56 Å². The maximum absolute atomic E-state index is 11.4. The van der Waals surface area contributed by atoms with Gasteiger partial charge in [0.1, 0.15) is 0 Å². The molecule has 1 amide bonds. The largest absolute Gasteiger partial charge is 0.368 e. The summed E-state index contributed by atoms with van der Waals surface area (Å²) in [6.45, 7) is 6.09. The lowest BCUT2D eigenvalue weighted by atomic mass is 10.1. The van der Waals surface area contributed by atoms with Crippen molar-refractivity contribution in [3.63, 3.8) is 0 Å². The minimum Gasteiger partial charge on any atom is -0.368 e. The minimum atomic E-state index is -0.362. The van der Waals surface area contributed by atoms with Crippen LogP contribution in [0.25, 0.3) is 0 Å². The van der Waals surface area contributed by atoms with E-state index in [2.05, 4.69) is 24.1 Å². The summed E-state index contributed by atoms with van der Waals surface area (Å²) in [6, 6.07) is 8.37. The summed E-state index contributed by atoms with van der Waals surface area (Å²) in [6.07, 6.45) is 0. The lowest BCUT2D eigenvalue weighted by Crippen LogP contribution is -2.54. The highest BCUT2D eigenvalue weighted by molar-refractivity contribution is 5.98. The van der Waals surface area contributed by atoms with Crippen LogP contribution in [-0.4, -0.2) is 31.1 Å². The summed E-state index contributed by atoms with van der Waals surface area (Å²) in [7, 11) is 0. The van der Waals surface area contributed by atoms with Crippen molar-refractivity contribution in [2.75, 3.05) is 18.0 Å². The average Bonchev–Trinajstić information content (AvgIpc) is 2.27. The maximum atomic E-state index is 11.4. The van der Waals surface area contributed by atoms with E-state index < -0.39 is 0 Å². The predicted molar refractivity (Wildman–Crippen MR) is 69.2 cm³/mol. The molecular formula is C13H19N3O. The topological polar surface area (TPSA) is 58.4 Å². The molecule has 92 valence electrons. The number of nitrogens with zero attached hydrogens (tertiary/aromatic N) is 1. The third-order valence-corrected chi connectivity index (χ3v) is 3.07. The molecule has 0 bridgehead atoms. The average molecular weight is 233 g/mol. The zero-order chi connectivity index (χ0) is 12.4. The van der Waals surface area contributed by atoms with E-state index in [9.17, 15) is 4.79 Å². The number of nitrogens with one attached hydrogen (secondary N) is 1. The van der Waals surface area contributed by atoms with Gasteiger partial charge in [-0.25, -0.2) is 0 Å². The Morgan fingerprint density at radius 2 is 1.88 bits per heavy atom. The van der Waals surface area contributed by atoms with Crippen molar-refractivity contribution in [2.24, 2.45) is 5.73 Å². The van der Waals surface area contributed by atoms with Crippen LogP contribution in [0.4, 0.5) is 5.69 Å². The molecule has 1 heterocycles. The lowest BCUT2D eigenvalue weighted by Gasteiger charge is -2.38. The Bertz CT molecular complexity index is 409. The predicted octanol–water partition coefficient (Wildman–Crippen LogP) is 0.972. The molecule has 1 aromatic carbocycles. The zero-order valence-electron chi connectivity index (χ0n) is 10.3. The van der Waals surface area contributed by atoms with Gasteiger partial charge in [-0.3, -0.25) is 4.79 Å². The Kier molecular flexibility index (Phi) is 3.33. The van der Waals surface area contributed by atoms with Gasteiger partial charge in [-0.2, -0.15) is 0 Å². The Hall–Kier alpha value is -1.55. The van der Waals surface area contributed by atoms with E-state index in [1.54, 1.807) is 6.07 Å². The Morgan fingerprint density at radius 1 is 1.29 bits per heavy atom. The summed E-state index contributed by atoms with van der Waals surface area (Å²) < 4.78 is 0. The van der Waals surface area contributed by atoms with Crippen LogP contribution in [-0.2, 0) is 0 Å². The molecule has 0 aromatic heterocycles. The van der Waals surface area contributed by atoms with Gasteiger partial charge >= 0.3 is 0 Å². The van der Waals surface area contributed by atoms with Gasteiger partial charge in [0.15, 0.2) is 0 Å². The number of hydrogen-bond donors (Lipinski definition) is 2. The number of piperazine rings is 1. The number of para-hydroxylation sites is 1. The van der Waals surface area contributed by atoms with Gasteiger partial charge in [0.25, 0.3) is 5.91 Å². The molecule has 0 spiro atoms. The van der Waals surface area contributed by atoms with Gasteiger partial charge < -0.3 is 16.0 Å². The number of rotatable bonds is 2. The normalized spacial score (nSPS) is 24.7. The van der Waals surface area contributed by atoms with Crippen molar-refractivity contribution < 1.29 is 4.79 Å². The SMILES string of the molecule is CC1CN(c2ccccc2C(N)=O)CC(C)N1. The number of benzene rings is 1. The van der Waals surface area contributed by atoms with Crippen molar-refractivity contribution >= 4 is 11.6 Å². The van der Waals surface area contributed by atoms with Crippen LogP contribution in [0, 0.1) is 0 Å². The molecule has 0 aliphatic carbocycles. The second-order valence-corrected chi connectivity index (χ2v) is 4.76. The molecule has 1 aliphatic rings. The van der Waals surface area contributed by atoms with Crippen LogP contribution in [0.2, 0.25) is 0 Å². The van der Waals surface area contributed by atoms with Gasteiger partial charge in [-0.05, 0) is 26.0 Å². The fraction of sp³-hybridized carbons (Fsp3) is 0.462. The fourth-order valence-corrected chi connectivity index (χ4v) is 2.48. The summed E-state index contributed by atoms with van der Waals surface area (Å²) in [4.78, 5) is 13.6. The molecule has 1 aliphatic heterocycles. The van der Waals surface area contributed by atoms with Gasteiger partial charge in [-0.1, -0.05) is 12.1 Å². The molecule has 2 atom stereocenters. The molecule has 2 rings (SSSR count). The molecule has 4 heteroatoms. The van der Waals surface area contributed by atoms with Crippen LogP contribution in [0.1, 0.15) is 24.2 Å². The van der Waals surface area contributed by atoms with E-state index in [4.69, 9.17) is 5.73 Å². The molecule has 4 nitrogen and oxygen atoms in total. The zero-order valence-corrected chi connectivity index (χ0v) is 10.3. The number of hydrogen-bond acceptors (Lipinski definition) is 3. The molecular weight excluding hydrogens is 214 g/mol. The number of anilines is 1. The van der Waals surface area contributed by atoms with E-state index in [-0.39, 0.29) is 5.91 Å². The van der Waals surface area contributed by atoms with E-state index in [0.717, 1.165) is 18.8 Å². The van der Waals surface area contributed by atoms with Gasteiger partial charge in [0.2, 0.25) is 0 Å². The second kappa shape index (κ2) is 4.75. The Morgan fingerprint density at radius 3 is 2.47 bits per heavy atom. The number of primary amides is 1. The fourth-order valence-electron chi connectivity index (χ4n) is 2.48. The van der Waals surface area contributed by atoms with E-state index in [1.807, 2.05) is 18.2 Å². The van der Waals surface area contributed by atoms with Crippen LogP contribution in [0.5, 0.6) is 0 Å². The first-order valence-corrected chi connectivity index (χ1v) is 5.97. The van der Waals surface area contributed by atoms with Crippen LogP contribution in [0.15, 0.2) is 24.3 Å². The van der Waals surface area contributed by atoms with Crippen LogP contribution < -0.4 is 16.0 Å². The highest BCUT2D eigenvalue weighted by Crippen LogP contribution is 2.22. The minimum absolute atomic E-state index is 0.362. The van der Waals surface area contributed by atoms with Crippen molar-refractivity contribution in [3.8, 4) is 0 Å². The molecule has 1 fully saturated rings. The summed E-state index contributed by atoms with van der Waals surface area (Å²) >= 11 is 0. The molecule has 0 saturated carbocycles. The van der Waals surface area contributed by atoms with Crippen molar-refractivity contribution in [2.45, 2.75) is 25.9 Å². The summed E-state index contributed by atoms with van der Waals surface area (Å²) in [5.41, 5.74) is 6.96.